The van der Waals surface area contributed by atoms with E-state index in [1.54, 1.807) is 18.2 Å². The molecule has 0 fully saturated rings. The molecule has 19 heavy (non-hydrogen) atoms. The maximum absolute atomic E-state index is 11.6. The lowest BCUT2D eigenvalue weighted by atomic mass is 10.3. The lowest BCUT2D eigenvalue weighted by Gasteiger charge is -2.11. The normalized spacial score (nSPS) is 11.3. The maximum Gasteiger partial charge on any atom is 0.177 e. The van der Waals surface area contributed by atoms with E-state index in [1.807, 2.05) is 18.2 Å². The number of hydrogen-bond acceptors (Lipinski definition) is 4. The molecule has 2 rings (SSSR count). The summed E-state index contributed by atoms with van der Waals surface area (Å²) >= 11 is 2.17. The van der Waals surface area contributed by atoms with Gasteiger partial charge < -0.3 is 10.5 Å². The van der Waals surface area contributed by atoms with Crippen LogP contribution in [0, 0.1) is 3.57 Å². The Labute approximate surface area is 125 Å². The molecule has 0 bridgehead atoms. The molecule has 2 N–H and O–H groups in total. The van der Waals surface area contributed by atoms with Crippen molar-refractivity contribution in [2.45, 2.75) is 4.90 Å². The smallest absolute Gasteiger partial charge is 0.177 e. The molecular weight excluding hydrogens is 377 g/mol. The number of sulfone groups is 1. The summed E-state index contributed by atoms with van der Waals surface area (Å²) in [6.45, 7) is 0. The van der Waals surface area contributed by atoms with Crippen LogP contribution < -0.4 is 10.5 Å². The number of nitrogens with two attached hydrogens (primary N) is 1. The van der Waals surface area contributed by atoms with Gasteiger partial charge in [-0.2, -0.15) is 0 Å². The monoisotopic (exact) mass is 389 g/mol. The van der Waals surface area contributed by atoms with Gasteiger partial charge in [0, 0.05) is 9.83 Å². The molecule has 0 saturated carbocycles. The first-order valence-electron chi connectivity index (χ1n) is 5.40. The van der Waals surface area contributed by atoms with Gasteiger partial charge in [-0.05, 0) is 52.9 Å². The van der Waals surface area contributed by atoms with Crippen molar-refractivity contribution in [3.05, 3.63) is 46.0 Å². The van der Waals surface area contributed by atoms with Gasteiger partial charge in [0.25, 0.3) is 0 Å². The molecule has 2 aromatic carbocycles. The van der Waals surface area contributed by atoms with Crippen molar-refractivity contribution < 1.29 is 13.2 Å². The zero-order chi connectivity index (χ0) is 14.0. The number of ether oxygens (including phenoxy) is 1. The van der Waals surface area contributed by atoms with Crippen molar-refractivity contribution in [1.29, 1.82) is 0 Å². The van der Waals surface area contributed by atoms with Gasteiger partial charge in [0.1, 0.15) is 5.75 Å². The Hall–Kier alpha value is -1.28. The Morgan fingerprint density at radius 3 is 2.47 bits per heavy atom. The van der Waals surface area contributed by atoms with E-state index in [9.17, 15) is 8.42 Å². The first-order chi connectivity index (χ1) is 8.88. The number of halogens is 1. The summed E-state index contributed by atoms with van der Waals surface area (Å²) in [7, 11) is -3.36. The van der Waals surface area contributed by atoms with Crippen molar-refractivity contribution in [3.63, 3.8) is 0 Å². The van der Waals surface area contributed by atoms with Crippen LogP contribution in [0.15, 0.2) is 47.4 Å². The molecule has 6 heteroatoms. The fourth-order valence-corrected chi connectivity index (χ4v) is 2.93. The number of rotatable bonds is 3. The topological polar surface area (TPSA) is 69.4 Å². The second kappa shape index (κ2) is 5.38. The quantitative estimate of drug-likeness (QED) is 0.647. The van der Waals surface area contributed by atoms with E-state index in [0.717, 1.165) is 9.83 Å². The molecule has 4 nitrogen and oxygen atoms in total. The zero-order valence-corrected chi connectivity index (χ0v) is 13.1. The SMILES string of the molecule is CS(=O)(=O)c1cccc(Oc2cccc(I)c2)c1N. The number of hydrogen-bond donors (Lipinski definition) is 1. The molecule has 0 saturated heterocycles. The molecule has 0 radical (unpaired) electrons. The van der Waals surface area contributed by atoms with Gasteiger partial charge in [-0.1, -0.05) is 12.1 Å². The Morgan fingerprint density at radius 1 is 1.16 bits per heavy atom. The average molecular weight is 389 g/mol. The highest BCUT2D eigenvalue weighted by atomic mass is 127. The van der Waals surface area contributed by atoms with Crippen LogP contribution in [0.3, 0.4) is 0 Å². The largest absolute Gasteiger partial charge is 0.455 e. The molecule has 0 aliphatic carbocycles. The highest BCUT2D eigenvalue weighted by molar-refractivity contribution is 14.1. The van der Waals surface area contributed by atoms with E-state index in [1.165, 1.54) is 6.07 Å². The van der Waals surface area contributed by atoms with E-state index in [-0.39, 0.29) is 10.6 Å². The summed E-state index contributed by atoms with van der Waals surface area (Å²) < 4.78 is 29.8. The number of anilines is 1. The number of para-hydroxylation sites is 1. The molecule has 0 amide bonds. The van der Waals surface area contributed by atoms with Crippen molar-refractivity contribution >= 4 is 38.1 Å². The Bertz CT molecular complexity index is 714. The minimum absolute atomic E-state index is 0.0793. The Kier molecular flexibility index (Phi) is 4.00. The molecular formula is C13H12INO3S. The second-order valence-electron chi connectivity index (χ2n) is 4.00. The van der Waals surface area contributed by atoms with Crippen LogP contribution in [-0.2, 0) is 9.84 Å². The van der Waals surface area contributed by atoms with Crippen LogP contribution in [0.4, 0.5) is 5.69 Å². The van der Waals surface area contributed by atoms with Crippen LogP contribution in [0.1, 0.15) is 0 Å². The lowest BCUT2D eigenvalue weighted by Crippen LogP contribution is -2.03. The molecule has 100 valence electrons. The Morgan fingerprint density at radius 2 is 1.84 bits per heavy atom. The molecule has 0 heterocycles. The lowest BCUT2D eigenvalue weighted by molar-refractivity contribution is 0.483. The van der Waals surface area contributed by atoms with Gasteiger partial charge in [0.15, 0.2) is 15.6 Å². The van der Waals surface area contributed by atoms with Crippen LogP contribution >= 0.6 is 22.6 Å². The fraction of sp³-hybridized carbons (Fsp3) is 0.0769. The molecule has 2 aromatic rings. The maximum atomic E-state index is 11.6. The molecule has 0 unspecified atom stereocenters. The van der Waals surface area contributed by atoms with Gasteiger partial charge >= 0.3 is 0 Å². The molecule has 0 spiro atoms. The Balaban J connectivity index is 2.42. The van der Waals surface area contributed by atoms with Gasteiger partial charge in [0.2, 0.25) is 0 Å². The summed E-state index contributed by atoms with van der Waals surface area (Å²) in [5.74, 6) is 0.953. The summed E-state index contributed by atoms with van der Waals surface area (Å²) in [4.78, 5) is 0.0793. The third-order valence-electron chi connectivity index (χ3n) is 2.45. The van der Waals surface area contributed by atoms with Gasteiger partial charge in [0.05, 0.1) is 10.6 Å². The third-order valence-corrected chi connectivity index (χ3v) is 4.28. The minimum atomic E-state index is -3.36. The van der Waals surface area contributed by atoms with Crippen molar-refractivity contribution in [3.8, 4) is 11.5 Å². The van der Waals surface area contributed by atoms with Crippen LogP contribution in [0.5, 0.6) is 11.5 Å². The molecule has 0 aliphatic heterocycles. The molecule has 0 aliphatic rings. The standard InChI is InChI=1S/C13H12INO3S/c1-19(16,17)12-7-3-6-11(13(12)15)18-10-5-2-4-9(14)8-10/h2-8H,15H2,1H3. The van der Waals surface area contributed by atoms with Gasteiger partial charge in [-0.3, -0.25) is 0 Å². The second-order valence-corrected chi connectivity index (χ2v) is 7.23. The van der Waals surface area contributed by atoms with E-state index in [0.29, 0.717) is 11.5 Å². The fourth-order valence-electron chi connectivity index (χ4n) is 1.59. The first kappa shape index (κ1) is 14.1. The van der Waals surface area contributed by atoms with Crippen LogP contribution in [-0.4, -0.2) is 14.7 Å². The average Bonchev–Trinajstić information content (AvgIpc) is 2.30. The predicted octanol–water partition coefficient (Wildman–Crippen LogP) is 3.07. The first-order valence-corrected chi connectivity index (χ1v) is 8.37. The van der Waals surface area contributed by atoms with E-state index < -0.39 is 9.84 Å². The van der Waals surface area contributed by atoms with Gasteiger partial charge in [-0.25, -0.2) is 8.42 Å². The molecule has 0 aromatic heterocycles. The van der Waals surface area contributed by atoms with Gasteiger partial charge in [-0.15, -0.1) is 0 Å². The van der Waals surface area contributed by atoms with E-state index in [4.69, 9.17) is 10.5 Å². The third kappa shape index (κ3) is 3.38. The number of benzene rings is 2. The van der Waals surface area contributed by atoms with E-state index in [2.05, 4.69) is 22.6 Å². The molecule has 0 atom stereocenters. The van der Waals surface area contributed by atoms with Crippen molar-refractivity contribution in [1.82, 2.24) is 0 Å². The van der Waals surface area contributed by atoms with Crippen molar-refractivity contribution in [2.24, 2.45) is 0 Å². The summed E-state index contributed by atoms with van der Waals surface area (Å²) in [5.41, 5.74) is 5.98. The summed E-state index contributed by atoms with van der Waals surface area (Å²) in [6, 6.07) is 12.1. The minimum Gasteiger partial charge on any atom is -0.455 e. The summed E-state index contributed by atoms with van der Waals surface area (Å²) in [5, 5.41) is 0. The van der Waals surface area contributed by atoms with Crippen molar-refractivity contribution in [2.75, 3.05) is 12.0 Å². The van der Waals surface area contributed by atoms with Crippen LogP contribution in [0.2, 0.25) is 0 Å². The van der Waals surface area contributed by atoms with E-state index >= 15 is 0 Å². The van der Waals surface area contributed by atoms with Crippen LogP contribution in [0.25, 0.3) is 0 Å². The predicted molar refractivity (Wildman–Crippen MR) is 83.2 cm³/mol. The zero-order valence-electron chi connectivity index (χ0n) is 10.1. The number of nitrogen functional groups attached to an aromatic ring is 1. The highest BCUT2D eigenvalue weighted by Gasteiger charge is 2.15. The highest BCUT2D eigenvalue weighted by Crippen LogP contribution is 2.32. The summed E-state index contributed by atoms with van der Waals surface area (Å²) in [6.07, 6.45) is 1.12.